The first-order valence-electron chi connectivity index (χ1n) is 6.71. The van der Waals surface area contributed by atoms with E-state index in [1.807, 2.05) is 6.92 Å². The van der Waals surface area contributed by atoms with Gasteiger partial charge in [0.25, 0.3) is 5.91 Å². The van der Waals surface area contributed by atoms with Crippen LogP contribution in [0.4, 0.5) is 10.1 Å². The lowest BCUT2D eigenvalue weighted by Crippen LogP contribution is -2.38. The SMILES string of the molecule is CCNc1c(F)cccc1C(=O)NCC(=O)NC1CC1. The first-order valence-corrected chi connectivity index (χ1v) is 6.71. The number of halogens is 1. The van der Waals surface area contributed by atoms with Gasteiger partial charge in [-0.15, -0.1) is 0 Å². The number of rotatable bonds is 6. The fourth-order valence-corrected chi connectivity index (χ4v) is 1.83. The van der Waals surface area contributed by atoms with Crippen molar-refractivity contribution in [2.75, 3.05) is 18.4 Å². The topological polar surface area (TPSA) is 70.2 Å². The minimum Gasteiger partial charge on any atom is -0.382 e. The molecule has 0 saturated heterocycles. The Morgan fingerprint density at radius 1 is 1.35 bits per heavy atom. The predicted molar refractivity (Wildman–Crippen MR) is 74.1 cm³/mol. The summed E-state index contributed by atoms with van der Waals surface area (Å²) in [6.07, 6.45) is 1.99. The average molecular weight is 279 g/mol. The Morgan fingerprint density at radius 3 is 2.75 bits per heavy atom. The van der Waals surface area contributed by atoms with Crippen molar-refractivity contribution < 1.29 is 14.0 Å². The lowest BCUT2D eigenvalue weighted by Gasteiger charge is -2.12. The van der Waals surface area contributed by atoms with E-state index in [0.29, 0.717) is 6.54 Å². The molecule has 1 aliphatic carbocycles. The Balaban J connectivity index is 1.97. The van der Waals surface area contributed by atoms with Crippen LogP contribution in [0.3, 0.4) is 0 Å². The summed E-state index contributed by atoms with van der Waals surface area (Å²) in [6, 6.07) is 4.53. The highest BCUT2D eigenvalue weighted by Crippen LogP contribution is 2.20. The maximum Gasteiger partial charge on any atom is 0.253 e. The molecule has 0 aromatic heterocycles. The summed E-state index contributed by atoms with van der Waals surface area (Å²) in [7, 11) is 0. The number of anilines is 1. The Kier molecular flexibility index (Phi) is 4.55. The molecule has 0 spiro atoms. The molecular weight excluding hydrogens is 261 g/mol. The van der Waals surface area contributed by atoms with Crippen LogP contribution in [0, 0.1) is 5.82 Å². The van der Waals surface area contributed by atoms with Gasteiger partial charge in [-0.05, 0) is 31.9 Å². The van der Waals surface area contributed by atoms with Crippen molar-refractivity contribution in [2.24, 2.45) is 0 Å². The lowest BCUT2D eigenvalue weighted by atomic mass is 10.1. The highest BCUT2D eigenvalue weighted by Gasteiger charge is 2.23. The minimum atomic E-state index is -0.484. The van der Waals surface area contributed by atoms with Gasteiger partial charge in [-0.25, -0.2) is 4.39 Å². The van der Waals surface area contributed by atoms with Gasteiger partial charge in [0.1, 0.15) is 5.82 Å². The van der Waals surface area contributed by atoms with Crippen molar-refractivity contribution >= 4 is 17.5 Å². The molecule has 6 heteroatoms. The van der Waals surface area contributed by atoms with E-state index in [9.17, 15) is 14.0 Å². The van der Waals surface area contributed by atoms with Gasteiger partial charge in [-0.1, -0.05) is 6.07 Å². The molecule has 0 unspecified atom stereocenters. The molecule has 2 rings (SSSR count). The van der Waals surface area contributed by atoms with Crippen molar-refractivity contribution in [3.63, 3.8) is 0 Å². The number of para-hydroxylation sites is 1. The maximum absolute atomic E-state index is 13.7. The van der Waals surface area contributed by atoms with E-state index >= 15 is 0 Å². The van der Waals surface area contributed by atoms with Crippen molar-refractivity contribution in [1.82, 2.24) is 10.6 Å². The molecule has 1 aromatic rings. The molecule has 0 heterocycles. The third-order valence-corrected chi connectivity index (χ3v) is 2.96. The molecule has 5 nitrogen and oxygen atoms in total. The van der Waals surface area contributed by atoms with Crippen LogP contribution in [0.5, 0.6) is 0 Å². The van der Waals surface area contributed by atoms with Gasteiger partial charge in [0, 0.05) is 12.6 Å². The van der Waals surface area contributed by atoms with Crippen LogP contribution in [-0.2, 0) is 4.79 Å². The van der Waals surface area contributed by atoms with E-state index in [1.54, 1.807) is 0 Å². The normalized spacial score (nSPS) is 13.7. The largest absolute Gasteiger partial charge is 0.382 e. The van der Waals surface area contributed by atoms with Gasteiger partial charge in [0.05, 0.1) is 17.8 Å². The highest BCUT2D eigenvalue weighted by molar-refractivity contribution is 6.01. The van der Waals surface area contributed by atoms with Gasteiger partial charge < -0.3 is 16.0 Å². The third-order valence-electron chi connectivity index (χ3n) is 2.96. The van der Waals surface area contributed by atoms with E-state index in [0.717, 1.165) is 12.8 Å². The monoisotopic (exact) mass is 279 g/mol. The van der Waals surface area contributed by atoms with Crippen LogP contribution in [0.1, 0.15) is 30.1 Å². The first kappa shape index (κ1) is 14.3. The van der Waals surface area contributed by atoms with E-state index in [1.165, 1.54) is 18.2 Å². The molecule has 2 amide bonds. The van der Waals surface area contributed by atoms with Crippen LogP contribution in [-0.4, -0.2) is 30.9 Å². The Morgan fingerprint density at radius 2 is 2.10 bits per heavy atom. The second-order valence-corrected chi connectivity index (χ2v) is 4.72. The Hall–Kier alpha value is -2.11. The van der Waals surface area contributed by atoms with Gasteiger partial charge in [-0.2, -0.15) is 0 Å². The summed E-state index contributed by atoms with van der Waals surface area (Å²) < 4.78 is 13.7. The molecule has 108 valence electrons. The zero-order valence-corrected chi connectivity index (χ0v) is 11.3. The van der Waals surface area contributed by atoms with E-state index in [4.69, 9.17) is 0 Å². The molecular formula is C14H18FN3O2. The molecule has 20 heavy (non-hydrogen) atoms. The van der Waals surface area contributed by atoms with Gasteiger partial charge in [-0.3, -0.25) is 9.59 Å². The van der Waals surface area contributed by atoms with Crippen LogP contribution < -0.4 is 16.0 Å². The number of hydrogen-bond acceptors (Lipinski definition) is 3. The smallest absolute Gasteiger partial charge is 0.253 e. The number of nitrogens with one attached hydrogen (secondary N) is 3. The van der Waals surface area contributed by atoms with Crippen LogP contribution in [0.25, 0.3) is 0 Å². The van der Waals surface area contributed by atoms with Crippen LogP contribution in [0.15, 0.2) is 18.2 Å². The molecule has 1 fully saturated rings. The summed E-state index contributed by atoms with van der Waals surface area (Å²) in [5.41, 5.74) is 0.362. The molecule has 0 atom stereocenters. The van der Waals surface area contributed by atoms with Crippen LogP contribution in [0.2, 0.25) is 0 Å². The highest BCUT2D eigenvalue weighted by atomic mass is 19.1. The molecule has 1 saturated carbocycles. The summed E-state index contributed by atoms with van der Waals surface area (Å²) in [4.78, 5) is 23.5. The van der Waals surface area contributed by atoms with Crippen molar-refractivity contribution in [3.05, 3.63) is 29.6 Å². The number of carbonyl (C=O) groups is 2. The quantitative estimate of drug-likeness (QED) is 0.734. The molecule has 0 radical (unpaired) electrons. The molecule has 0 aliphatic heterocycles. The summed E-state index contributed by atoms with van der Waals surface area (Å²) in [5, 5.41) is 8.09. The van der Waals surface area contributed by atoms with Crippen molar-refractivity contribution in [2.45, 2.75) is 25.8 Å². The average Bonchev–Trinajstić information content (AvgIpc) is 3.22. The van der Waals surface area contributed by atoms with Gasteiger partial charge in [0.15, 0.2) is 0 Å². The fourth-order valence-electron chi connectivity index (χ4n) is 1.83. The second kappa shape index (κ2) is 6.36. The molecule has 0 bridgehead atoms. The Bertz CT molecular complexity index is 515. The Labute approximate surface area is 116 Å². The zero-order valence-electron chi connectivity index (χ0n) is 11.3. The predicted octanol–water partition coefficient (Wildman–Crippen LogP) is 1.27. The van der Waals surface area contributed by atoms with Crippen LogP contribution >= 0.6 is 0 Å². The van der Waals surface area contributed by atoms with Gasteiger partial charge in [0.2, 0.25) is 5.91 Å². The molecule has 3 N–H and O–H groups in total. The number of carbonyl (C=O) groups excluding carboxylic acids is 2. The number of benzene rings is 1. The first-order chi connectivity index (χ1) is 9.61. The van der Waals surface area contributed by atoms with E-state index < -0.39 is 11.7 Å². The van der Waals surface area contributed by atoms with Crippen molar-refractivity contribution in [1.29, 1.82) is 0 Å². The summed E-state index contributed by atoms with van der Waals surface area (Å²) in [5.74, 6) is -1.17. The second-order valence-electron chi connectivity index (χ2n) is 4.72. The number of amides is 2. The van der Waals surface area contributed by atoms with E-state index in [-0.39, 0.29) is 29.7 Å². The molecule has 1 aromatic carbocycles. The molecule has 1 aliphatic rings. The standard InChI is InChI=1S/C14H18FN3O2/c1-2-16-13-10(4-3-5-11(13)15)14(20)17-8-12(19)18-9-6-7-9/h3-5,9,16H,2,6-8H2,1H3,(H,17,20)(H,18,19). The summed E-state index contributed by atoms with van der Waals surface area (Å²) >= 11 is 0. The maximum atomic E-state index is 13.7. The summed E-state index contributed by atoms with van der Waals surface area (Å²) in [6.45, 7) is 2.22. The third kappa shape index (κ3) is 3.69. The fraction of sp³-hybridized carbons (Fsp3) is 0.429. The number of hydrogen-bond donors (Lipinski definition) is 3. The van der Waals surface area contributed by atoms with Crippen molar-refractivity contribution in [3.8, 4) is 0 Å². The lowest BCUT2D eigenvalue weighted by molar-refractivity contribution is -0.120. The minimum absolute atomic E-state index is 0.0998. The zero-order chi connectivity index (χ0) is 14.5. The van der Waals surface area contributed by atoms with Gasteiger partial charge >= 0.3 is 0 Å². The van der Waals surface area contributed by atoms with E-state index in [2.05, 4.69) is 16.0 Å².